The van der Waals surface area contributed by atoms with E-state index in [0.717, 1.165) is 9.75 Å². The maximum atomic E-state index is 12.0. The second-order valence-electron chi connectivity index (χ2n) is 4.81. The van der Waals surface area contributed by atoms with Gasteiger partial charge in [-0.15, -0.1) is 11.3 Å². The highest BCUT2D eigenvalue weighted by Gasteiger charge is 2.14. The number of amides is 1. The van der Waals surface area contributed by atoms with Gasteiger partial charge in [-0.25, -0.2) is 5.43 Å². The molecule has 0 radical (unpaired) electrons. The highest BCUT2D eigenvalue weighted by Crippen LogP contribution is 2.19. The molecule has 0 aliphatic heterocycles. The molecule has 1 aromatic carbocycles. The predicted molar refractivity (Wildman–Crippen MR) is 86.6 cm³/mol. The number of hydrogen-bond acceptors (Lipinski definition) is 5. The average Bonchev–Trinajstić information content (AvgIpc) is 2.91. The van der Waals surface area contributed by atoms with Crippen LogP contribution in [0.5, 0.6) is 0 Å². The van der Waals surface area contributed by atoms with Crippen LogP contribution in [0.25, 0.3) is 0 Å². The number of nitro benzene ring substituents is 1. The first-order valence-electron chi connectivity index (χ1n) is 6.55. The van der Waals surface area contributed by atoms with Gasteiger partial charge in [0.1, 0.15) is 0 Å². The summed E-state index contributed by atoms with van der Waals surface area (Å²) in [6.07, 6.45) is 0. The molecule has 114 valence electrons. The summed E-state index contributed by atoms with van der Waals surface area (Å²) in [6.45, 7) is 5.41. The molecule has 0 spiro atoms. The van der Waals surface area contributed by atoms with Gasteiger partial charge in [0.25, 0.3) is 11.6 Å². The van der Waals surface area contributed by atoms with E-state index >= 15 is 0 Å². The highest BCUT2D eigenvalue weighted by molar-refractivity contribution is 7.14. The van der Waals surface area contributed by atoms with Gasteiger partial charge >= 0.3 is 0 Å². The standard InChI is InChI=1S/C15H15N3O3S/c1-9-4-6-12(8-13(9)18(20)21)15(19)17-16-11(3)14-7-5-10(2)22-14/h4-8H,1-3H3,(H,17,19). The zero-order valence-electron chi connectivity index (χ0n) is 12.4. The van der Waals surface area contributed by atoms with Gasteiger partial charge in [-0.1, -0.05) is 6.07 Å². The molecule has 6 nitrogen and oxygen atoms in total. The van der Waals surface area contributed by atoms with E-state index in [9.17, 15) is 14.9 Å². The van der Waals surface area contributed by atoms with Crippen LogP contribution in [0.3, 0.4) is 0 Å². The van der Waals surface area contributed by atoms with E-state index in [2.05, 4.69) is 10.5 Å². The molecule has 1 aromatic heterocycles. The molecule has 2 aromatic rings. The largest absolute Gasteiger partial charge is 0.273 e. The van der Waals surface area contributed by atoms with Crippen molar-refractivity contribution in [3.63, 3.8) is 0 Å². The number of aryl methyl sites for hydroxylation is 2. The fraction of sp³-hybridized carbons (Fsp3) is 0.200. The molecule has 1 amide bonds. The van der Waals surface area contributed by atoms with Crippen LogP contribution in [-0.2, 0) is 0 Å². The Morgan fingerprint density at radius 1 is 1.27 bits per heavy atom. The van der Waals surface area contributed by atoms with Gasteiger partial charge in [-0.05, 0) is 39.0 Å². The van der Waals surface area contributed by atoms with Crippen molar-refractivity contribution >= 4 is 28.6 Å². The molecule has 0 atom stereocenters. The van der Waals surface area contributed by atoms with E-state index in [0.29, 0.717) is 11.3 Å². The molecule has 0 bridgehead atoms. The third kappa shape index (κ3) is 3.56. The number of carbonyl (C=O) groups is 1. The number of hydrazone groups is 1. The van der Waals surface area contributed by atoms with E-state index in [1.807, 2.05) is 19.1 Å². The third-order valence-electron chi connectivity index (χ3n) is 3.09. The lowest BCUT2D eigenvalue weighted by Crippen LogP contribution is -2.19. The monoisotopic (exact) mass is 317 g/mol. The molecule has 0 fully saturated rings. The molecule has 0 unspecified atom stereocenters. The van der Waals surface area contributed by atoms with Gasteiger partial charge < -0.3 is 0 Å². The maximum Gasteiger partial charge on any atom is 0.273 e. The molecule has 1 N–H and O–H groups in total. The average molecular weight is 317 g/mol. The Labute approximate surface area is 131 Å². The molecular weight excluding hydrogens is 302 g/mol. The van der Waals surface area contributed by atoms with E-state index in [1.165, 1.54) is 12.1 Å². The SMILES string of the molecule is CC(=NNC(=O)c1ccc(C)c([N+](=O)[O-])c1)c1ccc(C)s1. The number of rotatable bonds is 4. The Hall–Kier alpha value is -2.54. The van der Waals surface area contributed by atoms with Gasteiger partial charge in [0.15, 0.2) is 0 Å². The molecule has 22 heavy (non-hydrogen) atoms. The van der Waals surface area contributed by atoms with Crippen LogP contribution < -0.4 is 5.43 Å². The highest BCUT2D eigenvalue weighted by atomic mass is 32.1. The number of thiophene rings is 1. The quantitative estimate of drug-likeness (QED) is 0.532. The van der Waals surface area contributed by atoms with Crippen LogP contribution in [0.1, 0.15) is 32.6 Å². The second kappa shape index (κ2) is 6.48. The van der Waals surface area contributed by atoms with Crippen molar-refractivity contribution in [3.8, 4) is 0 Å². The fourth-order valence-electron chi connectivity index (χ4n) is 1.83. The lowest BCUT2D eigenvalue weighted by Gasteiger charge is -2.03. The van der Waals surface area contributed by atoms with Crippen LogP contribution in [0.2, 0.25) is 0 Å². The summed E-state index contributed by atoms with van der Waals surface area (Å²) < 4.78 is 0. The van der Waals surface area contributed by atoms with Crippen molar-refractivity contribution in [2.24, 2.45) is 5.10 Å². The molecular formula is C15H15N3O3S. The Morgan fingerprint density at radius 3 is 2.59 bits per heavy atom. The smallest absolute Gasteiger partial charge is 0.267 e. The minimum Gasteiger partial charge on any atom is -0.267 e. The van der Waals surface area contributed by atoms with E-state index in [1.54, 1.807) is 31.3 Å². The molecule has 2 rings (SSSR count). The van der Waals surface area contributed by atoms with E-state index in [4.69, 9.17) is 0 Å². The van der Waals surface area contributed by atoms with Gasteiger partial charge in [0, 0.05) is 22.1 Å². The summed E-state index contributed by atoms with van der Waals surface area (Å²) in [5, 5.41) is 14.9. The molecule has 1 heterocycles. The lowest BCUT2D eigenvalue weighted by molar-refractivity contribution is -0.385. The second-order valence-corrected chi connectivity index (χ2v) is 6.09. The number of benzene rings is 1. The predicted octanol–water partition coefficient (Wildman–Crippen LogP) is 3.43. The first-order chi connectivity index (χ1) is 10.4. The van der Waals surface area contributed by atoms with Gasteiger partial charge in [0.05, 0.1) is 15.5 Å². The third-order valence-corrected chi connectivity index (χ3v) is 4.20. The molecule has 0 saturated heterocycles. The van der Waals surface area contributed by atoms with Crippen molar-refractivity contribution in [2.45, 2.75) is 20.8 Å². The zero-order chi connectivity index (χ0) is 16.3. The summed E-state index contributed by atoms with van der Waals surface area (Å²) in [5.41, 5.74) is 3.75. The van der Waals surface area contributed by atoms with Crippen LogP contribution >= 0.6 is 11.3 Å². The van der Waals surface area contributed by atoms with Crippen LogP contribution in [0.4, 0.5) is 5.69 Å². The van der Waals surface area contributed by atoms with Crippen LogP contribution in [-0.4, -0.2) is 16.5 Å². The summed E-state index contributed by atoms with van der Waals surface area (Å²) in [7, 11) is 0. The van der Waals surface area contributed by atoms with Crippen LogP contribution in [0, 0.1) is 24.0 Å². The summed E-state index contributed by atoms with van der Waals surface area (Å²) in [6, 6.07) is 8.25. The fourth-order valence-corrected chi connectivity index (χ4v) is 2.64. The topological polar surface area (TPSA) is 84.6 Å². The molecule has 7 heteroatoms. The summed E-state index contributed by atoms with van der Waals surface area (Å²) >= 11 is 1.58. The van der Waals surface area contributed by atoms with Gasteiger partial charge in [-0.3, -0.25) is 14.9 Å². The van der Waals surface area contributed by atoms with Crippen molar-refractivity contribution in [3.05, 3.63) is 61.3 Å². The normalized spacial score (nSPS) is 11.3. The Kier molecular flexibility index (Phi) is 4.67. The summed E-state index contributed by atoms with van der Waals surface area (Å²) in [4.78, 5) is 24.6. The summed E-state index contributed by atoms with van der Waals surface area (Å²) in [5.74, 6) is -0.476. The number of hydrogen-bond donors (Lipinski definition) is 1. The first-order valence-corrected chi connectivity index (χ1v) is 7.36. The number of carbonyl (C=O) groups excluding carboxylic acids is 1. The number of nitrogens with zero attached hydrogens (tertiary/aromatic N) is 2. The Balaban J connectivity index is 2.16. The molecule has 0 aliphatic rings. The Morgan fingerprint density at radius 2 is 2.00 bits per heavy atom. The minimum atomic E-state index is -0.505. The van der Waals surface area contributed by atoms with Crippen molar-refractivity contribution in [1.29, 1.82) is 0 Å². The minimum absolute atomic E-state index is 0.0813. The molecule has 0 aliphatic carbocycles. The Bertz CT molecular complexity index is 765. The zero-order valence-corrected chi connectivity index (χ0v) is 13.2. The van der Waals surface area contributed by atoms with Gasteiger partial charge in [0.2, 0.25) is 0 Å². The lowest BCUT2D eigenvalue weighted by atomic mass is 10.1. The van der Waals surface area contributed by atoms with Crippen molar-refractivity contribution < 1.29 is 9.72 Å². The van der Waals surface area contributed by atoms with E-state index in [-0.39, 0.29) is 11.3 Å². The number of nitro groups is 1. The maximum absolute atomic E-state index is 12.0. The van der Waals surface area contributed by atoms with E-state index < -0.39 is 10.8 Å². The van der Waals surface area contributed by atoms with Crippen molar-refractivity contribution in [2.75, 3.05) is 0 Å². The molecule has 0 saturated carbocycles. The van der Waals surface area contributed by atoms with Gasteiger partial charge in [-0.2, -0.15) is 5.10 Å². The first kappa shape index (κ1) is 15.8. The van der Waals surface area contributed by atoms with Crippen molar-refractivity contribution in [1.82, 2.24) is 5.43 Å². The number of nitrogens with one attached hydrogen (secondary N) is 1. The van der Waals surface area contributed by atoms with Crippen LogP contribution in [0.15, 0.2) is 35.4 Å².